The van der Waals surface area contributed by atoms with E-state index in [9.17, 15) is 5.11 Å². The highest BCUT2D eigenvalue weighted by Crippen LogP contribution is 2.09. The van der Waals surface area contributed by atoms with Crippen molar-refractivity contribution in [1.29, 1.82) is 0 Å². The Morgan fingerprint density at radius 3 is 2.45 bits per heavy atom. The topological polar surface area (TPSA) is 55.5 Å². The molecule has 11 heavy (non-hydrogen) atoms. The van der Waals surface area contributed by atoms with Crippen LogP contribution in [0.25, 0.3) is 0 Å². The van der Waals surface area contributed by atoms with Crippen LogP contribution in [-0.4, -0.2) is 30.0 Å². The predicted octanol–water partition coefficient (Wildman–Crippen LogP) is 0.511. The molecule has 0 fully saturated rings. The Kier molecular flexibility index (Phi) is 4.65. The molecule has 0 saturated carbocycles. The number of rotatable bonds is 5. The lowest BCUT2D eigenvalue weighted by atomic mass is 10.0. The summed E-state index contributed by atoms with van der Waals surface area (Å²) in [6.07, 6.45) is 0.749. The molecule has 1 unspecified atom stereocenters. The van der Waals surface area contributed by atoms with Gasteiger partial charge in [0, 0.05) is 0 Å². The Labute approximate surface area is 68.5 Å². The first-order valence-corrected chi connectivity index (χ1v) is 4.02. The molecule has 0 radical (unpaired) electrons. The van der Waals surface area contributed by atoms with Gasteiger partial charge in [0.05, 0.1) is 18.3 Å². The van der Waals surface area contributed by atoms with Crippen LogP contribution in [0.15, 0.2) is 0 Å². The van der Waals surface area contributed by atoms with Gasteiger partial charge in [-0.1, -0.05) is 0 Å². The SMILES string of the molecule is CC(C)OCC(C)(O)CCN. The van der Waals surface area contributed by atoms with Crippen LogP contribution < -0.4 is 5.73 Å². The van der Waals surface area contributed by atoms with E-state index in [1.54, 1.807) is 6.92 Å². The van der Waals surface area contributed by atoms with Crippen LogP contribution >= 0.6 is 0 Å². The van der Waals surface area contributed by atoms with Gasteiger partial charge < -0.3 is 15.6 Å². The number of aliphatic hydroxyl groups is 1. The molecule has 0 aliphatic heterocycles. The zero-order valence-electron chi connectivity index (χ0n) is 7.63. The van der Waals surface area contributed by atoms with Crippen molar-refractivity contribution >= 4 is 0 Å². The van der Waals surface area contributed by atoms with Crippen LogP contribution in [0, 0.1) is 0 Å². The standard InChI is InChI=1S/C8H19NO2/c1-7(2)11-6-8(3,10)4-5-9/h7,10H,4-6,9H2,1-3H3. The lowest BCUT2D eigenvalue weighted by Gasteiger charge is -2.23. The molecular formula is C8H19NO2. The van der Waals surface area contributed by atoms with Crippen molar-refractivity contribution in [1.82, 2.24) is 0 Å². The third-order valence-corrected chi connectivity index (χ3v) is 1.41. The summed E-state index contributed by atoms with van der Waals surface area (Å²) in [5, 5.41) is 9.56. The van der Waals surface area contributed by atoms with E-state index in [-0.39, 0.29) is 6.10 Å². The number of hydrogen-bond donors (Lipinski definition) is 2. The Hall–Kier alpha value is -0.120. The Morgan fingerprint density at radius 2 is 2.09 bits per heavy atom. The molecule has 3 heteroatoms. The molecule has 68 valence electrons. The summed E-state index contributed by atoms with van der Waals surface area (Å²) in [7, 11) is 0. The van der Waals surface area contributed by atoms with Crippen molar-refractivity contribution in [2.45, 2.75) is 38.9 Å². The maximum Gasteiger partial charge on any atom is 0.0864 e. The van der Waals surface area contributed by atoms with Crippen molar-refractivity contribution in [3.63, 3.8) is 0 Å². The minimum Gasteiger partial charge on any atom is -0.388 e. The maximum absolute atomic E-state index is 9.56. The average Bonchev–Trinajstić information content (AvgIpc) is 1.84. The third kappa shape index (κ3) is 6.28. The van der Waals surface area contributed by atoms with Crippen LogP contribution in [-0.2, 0) is 4.74 Å². The van der Waals surface area contributed by atoms with Crippen LogP contribution in [0.1, 0.15) is 27.2 Å². The van der Waals surface area contributed by atoms with Crippen molar-refractivity contribution in [3.8, 4) is 0 Å². The molecule has 0 bridgehead atoms. The second-order valence-electron chi connectivity index (χ2n) is 3.40. The van der Waals surface area contributed by atoms with E-state index in [2.05, 4.69) is 0 Å². The van der Waals surface area contributed by atoms with Gasteiger partial charge in [-0.05, 0) is 33.7 Å². The van der Waals surface area contributed by atoms with Gasteiger partial charge in [0.1, 0.15) is 0 Å². The predicted molar refractivity (Wildman–Crippen MR) is 45.4 cm³/mol. The minimum absolute atomic E-state index is 0.166. The van der Waals surface area contributed by atoms with E-state index in [4.69, 9.17) is 10.5 Å². The normalized spacial score (nSPS) is 16.9. The number of ether oxygens (including phenoxy) is 1. The summed E-state index contributed by atoms with van der Waals surface area (Å²) >= 11 is 0. The van der Waals surface area contributed by atoms with E-state index in [1.165, 1.54) is 0 Å². The van der Waals surface area contributed by atoms with E-state index in [0.717, 1.165) is 0 Å². The Balaban J connectivity index is 3.54. The van der Waals surface area contributed by atoms with Crippen molar-refractivity contribution in [3.05, 3.63) is 0 Å². The van der Waals surface area contributed by atoms with E-state index in [0.29, 0.717) is 19.6 Å². The monoisotopic (exact) mass is 161 g/mol. The quantitative estimate of drug-likeness (QED) is 0.617. The molecule has 0 aromatic carbocycles. The fourth-order valence-corrected chi connectivity index (χ4v) is 0.729. The average molecular weight is 161 g/mol. The first-order chi connectivity index (χ1) is 4.98. The second kappa shape index (κ2) is 4.70. The van der Waals surface area contributed by atoms with Crippen molar-refractivity contribution < 1.29 is 9.84 Å². The Bertz CT molecular complexity index is 102. The molecule has 1 atom stereocenters. The lowest BCUT2D eigenvalue weighted by molar-refractivity contribution is -0.0563. The third-order valence-electron chi connectivity index (χ3n) is 1.41. The molecular weight excluding hydrogens is 142 g/mol. The van der Waals surface area contributed by atoms with Crippen LogP contribution in [0.3, 0.4) is 0 Å². The van der Waals surface area contributed by atoms with Gasteiger partial charge in [-0.25, -0.2) is 0 Å². The Morgan fingerprint density at radius 1 is 1.55 bits per heavy atom. The summed E-state index contributed by atoms with van der Waals surface area (Å²) in [5.74, 6) is 0. The zero-order chi connectivity index (χ0) is 8.91. The molecule has 0 amide bonds. The van der Waals surface area contributed by atoms with Gasteiger partial charge in [-0.3, -0.25) is 0 Å². The summed E-state index contributed by atoms with van der Waals surface area (Å²) in [6.45, 7) is 6.48. The molecule has 0 rings (SSSR count). The molecule has 3 N–H and O–H groups in total. The van der Waals surface area contributed by atoms with E-state index >= 15 is 0 Å². The molecule has 3 nitrogen and oxygen atoms in total. The fourth-order valence-electron chi connectivity index (χ4n) is 0.729. The maximum atomic E-state index is 9.56. The smallest absolute Gasteiger partial charge is 0.0864 e. The molecule has 0 aromatic heterocycles. The van der Waals surface area contributed by atoms with Crippen molar-refractivity contribution in [2.75, 3.05) is 13.2 Å². The molecule has 0 aliphatic rings. The molecule has 0 saturated heterocycles. The minimum atomic E-state index is -0.765. The van der Waals surface area contributed by atoms with Crippen LogP contribution in [0.5, 0.6) is 0 Å². The van der Waals surface area contributed by atoms with Crippen molar-refractivity contribution in [2.24, 2.45) is 5.73 Å². The van der Waals surface area contributed by atoms with Gasteiger partial charge >= 0.3 is 0 Å². The highest BCUT2D eigenvalue weighted by Gasteiger charge is 2.19. The van der Waals surface area contributed by atoms with Gasteiger partial charge in [-0.2, -0.15) is 0 Å². The molecule has 0 aromatic rings. The number of hydrogen-bond acceptors (Lipinski definition) is 3. The van der Waals surface area contributed by atoms with Crippen LogP contribution in [0.4, 0.5) is 0 Å². The molecule has 0 aliphatic carbocycles. The first-order valence-electron chi connectivity index (χ1n) is 4.02. The zero-order valence-corrected chi connectivity index (χ0v) is 7.63. The lowest BCUT2D eigenvalue weighted by Crippen LogP contribution is -2.34. The largest absolute Gasteiger partial charge is 0.388 e. The number of nitrogens with two attached hydrogens (primary N) is 1. The van der Waals surface area contributed by atoms with Gasteiger partial charge in [0.15, 0.2) is 0 Å². The summed E-state index contributed by atoms with van der Waals surface area (Å²) in [4.78, 5) is 0. The van der Waals surface area contributed by atoms with Gasteiger partial charge in [0.2, 0.25) is 0 Å². The first kappa shape index (κ1) is 10.9. The molecule has 0 heterocycles. The fraction of sp³-hybridized carbons (Fsp3) is 1.00. The summed E-state index contributed by atoms with van der Waals surface area (Å²) < 4.78 is 5.25. The van der Waals surface area contributed by atoms with Gasteiger partial charge in [-0.15, -0.1) is 0 Å². The summed E-state index contributed by atoms with van der Waals surface area (Å²) in [6, 6.07) is 0. The molecule has 0 spiro atoms. The van der Waals surface area contributed by atoms with E-state index in [1.807, 2.05) is 13.8 Å². The van der Waals surface area contributed by atoms with Gasteiger partial charge in [0.25, 0.3) is 0 Å². The highest BCUT2D eigenvalue weighted by molar-refractivity contribution is 4.72. The van der Waals surface area contributed by atoms with Crippen LogP contribution in [0.2, 0.25) is 0 Å². The highest BCUT2D eigenvalue weighted by atomic mass is 16.5. The summed E-state index contributed by atoms with van der Waals surface area (Å²) in [5.41, 5.74) is 4.54. The second-order valence-corrected chi connectivity index (χ2v) is 3.40. The van der Waals surface area contributed by atoms with E-state index < -0.39 is 5.60 Å².